The molecule has 0 fully saturated rings. The lowest BCUT2D eigenvalue weighted by Crippen LogP contribution is -2.09. The van der Waals surface area contributed by atoms with Crippen LogP contribution in [0.15, 0.2) is 22.3 Å². The van der Waals surface area contributed by atoms with Crippen molar-refractivity contribution in [1.82, 2.24) is 4.98 Å². The van der Waals surface area contributed by atoms with Crippen molar-refractivity contribution in [3.63, 3.8) is 0 Å². The Balaban J connectivity index is 2.16. The minimum Gasteiger partial charge on any atom is -0.488 e. The van der Waals surface area contributed by atoms with Crippen molar-refractivity contribution in [3.8, 4) is 5.75 Å². The number of benzene rings is 1. The van der Waals surface area contributed by atoms with Crippen LogP contribution in [0.2, 0.25) is 0 Å². The summed E-state index contributed by atoms with van der Waals surface area (Å²) in [5.41, 5.74) is 7.36. The van der Waals surface area contributed by atoms with E-state index in [4.69, 9.17) is 10.5 Å². The molecule has 0 aliphatic rings. The maximum absolute atomic E-state index is 13.7. The van der Waals surface area contributed by atoms with Gasteiger partial charge in [0.15, 0.2) is 11.6 Å². The molecule has 0 amide bonds. The highest BCUT2D eigenvalue weighted by atomic mass is 32.1. The first-order chi connectivity index (χ1) is 9.45. The van der Waals surface area contributed by atoms with Gasteiger partial charge in [-0.2, -0.15) is 0 Å². The molecule has 2 rings (SSSR count). The summed E-state index contributed by atoms with van der Waals surface area (Å²) >= 11 is 1.09. The predicted molar refractivity (Wildman–Crippen MR) is 78.8 cm³/mol. The minimum atomic E-state index is -0.495. The van der Waals surface area contributed by atoms with E-state index in [-0.39, 0.29) is 22.4 Å². The van der Waals surface area contributed by atoms with Crippen molar-refractivity contribution in [2.75, 3.05) is 11.1 Å². The normalized spacial score (nSPS) is 10.8. The Morgan fingerprint density at radius 1 is 1.50 bits per heavy atom. The first kappa shape index (κ1) is 14.4. The highest BCUT2D eigenvalue weighted by Gasteiger charge is 2.10. The zero-order valence-electron chi connectivity index (χ0n) is 11.2. The van der Waals surface area contributed by atoms with Crippen LogP contribution >= 0.6 is 11.3 Å². The Bertz CT molecular complexity index is 651. The number of nitrogen functional groups attached to an aromatic ring is 1. The van der Waals surface area contributed by atoms with E-state index in [9.17, 15) is 9.18 Å². The summed E-state index contributed by atoms with van der Waals surface area (Å²) in [6.45, 7) is 4.04. The van der Waals surface area contributed by atoms with E-state index in [1.807, 2.05) is 13.8 Å². The predicted octanol–water partition coefficient (Wildman–Crippen LogP) is 2.56. The molecule has 4 N–H and O–H groups in total. The van der Waals surface area contributed by atoms with Gasteiger partial charge >= 0.3 is 4.87 Å². The van der Waals surface area contributed by atoms with E-state index in [0.717, 1.165) is 17.0 Å². The lowest BCUT2D eigenvalue weighted by Gasteiger charge is -2.14. The number of ether oxygens (including phenoxy) is 1. The molecule has 7 heteroatoms. The van der Waals surface area contributed by atoms with Crippen LogP contribution in [0.4, 0.5) is 15.8 Å². The van der Waals surface area contributed by atoms with Gasteiger partial charge in [-0.3, -0.25) is 4.79 Å². The van der Waals surface area contributed by atoms with E-state index in [0.29, 0.717) is 12.2 Å². The van der Waals surface area contributed by atoms with Gasteiger partial charge in [-0.1, -0.05) is 11.3 Å². The van der Waals surface area contributed by atoms with Crippen molar-refractivity contribution in [1.29, 1.82) is 0 Å². The van der Waals surface area contributed by atoms with Gasteiger partial charge in [-0.25, -0.2) is 4.39 Å². The Labute approximate surface area is 119 Å². The molecular weight excluding hydrogens is 281 g/mol. The number of anilines is 2. The molecule has 0 saturated heterocycles. The van der Waals surface area contributed by atoms with E-state index in [1.165, 1.54) is 12.1 Å². The second-order valence-electron chi connectivity index (χ2n) is 4.56. The van der Waals surface area contributed by atoms with E-state index in [1.54, 1.807) is 5.38 Å². The molecule has 2 aromatic rings. The van der Waals surface area contributed by atoms with E-state index < -0.39 is 5.82 Å². The molecule has 0 aliphatic carbocycles. The van der Waals surface area contributed by atoms with Gasteiger partial charge in [-0.15, -0.1) is 0 Å². The van der Waals surface area contributed by atoms with Crippen LogP contribution in [0.5, 0.6) is 5.75 Å². The summed E-state index contributed by atoms with van der Waals surface area (Å²) in [4.78, 5) is 13.6. The maximum atomic E-state index is 13.7. The molecule has 0 saturated carbocycles. The summed E-state index contributed by atoms with van der Waals surface area (Å²) in [7, 11) is 0. The van der Waals surface area contributed by atoms with Crippen LogP contribution in [0.3, 0.4) is 0 Å². The van der Waals surface area contributed by atoms with Crippen LogP contribution < -0.4 is 20.7 Å². The maximum Gasteiger partial charge on any atom is 0.304 e. The third kappa shape index (κ3) is 3.51. The first-order valence-corrected chi connectivity index (χ1v) is 7.00. The number of H-pyrrole nitrogens is 1. The quantitative estimate of drug-likeness (QED) is 0.741. The average Bonchev–Trinajstić information content (AvgIpc) is 2.76. The van der Waals surface area contributed by atoms with Crippen LogP contribution in [0, 0.1) is 5.82 Å². The molecule has 1 heterocycles. The van der Waals surface area contributed by atoms with Crippen molar-refractivity contribution < 1.29 is 9.13 Å². The van der Waals surface area contributed by atoms with Crippen LogP contribution in [-0.4, -0.2) is 11.1 Å². The van der Waals surface area contributed by atoms with Gasteiger partial charge < -0.3 is 20.8 Å². The van der Waals surface area contributed by atoms with Crippen molar-refractivity contribution in [2.24, 2.45) is 0 Å². The SMILES string of the molecule is CC(C)Oc1cc(NCc2csc(=O)[nH]2)c(N)cc1F. The van der Waals surface area contributed by atoms with Crippen molar-refractivity contribution >= 4 is 22.7 Å². The van der Waals surface area contributed by atoms with Crippen LogP contribution in [0.1, 0.15) is 19.5 Å². The molecule has 0 spiro atoms. The van der Waals surface area contributed by atoms with Crippen molar-refractivity contribution in [2.45, 2.75) is 26.5 Å². The molecule has 20 heavy (non-hydrogen) atoms. The van der Waals surface area contributed by atoms with E-state index >= 15 is 0 Å². The monoisotopic (exact) mass is 297 g/mol. The number of nitrogens with two attached hydrogens (primary N) is 1. The van der Waals surface area contributed by atoms with Gasteiger partial charge in [0.2, 0.25) is 0 Å². The second kappa shape index (κ2) is 5.96. The van der Waals surface area contributed by atoms with Gasteiger partial charge in [-0.05, 0) is 13.8 Å². The zero-order valence-corrected chi connectivity index (χ0v) is 12.0. The fourth-order valence-electron chi connectivity index (χ4n) is 1.66. The minimum absolute atomic E-state index is 0.113. The van der Waals surface area contributed by atoms with Gasteiger partial charge in [0.05, 0.1) is 24.0 Å². The molecule has 0 radical (unpaired) electrons. The zero-order chi connectivity index (χ0) is 14.7. The lowest BCUT2D eigenvalue weighted by molar-refractivity contribution is 0.231. The van der Waals surface area contributed by atoms with Crippen molar-refractivity contribution in [3.05, 3.63) is 38.7 Å². The molecule has 0 aliphatic heterocycles. The number of aromatic amines is 1. The third-order valence-electron chi connectivity index (χ3n) is 2.51. The molecular formula is C13H16FN3O2S. The number of halogens is 1. The van der Waals surface area contributed by atoms with Gasteiger partial charge in [0.25, 0.3) is 0 Å². The summed E-state index contributed by atoms with van der Waals surface area (Å²) in [5, 5.41) is 4.77. The topological polar surface area (TPSA) is 80.1 Å². The Morgan fingerprint density at radius 2 is 2.25 bits per heavy atom. The highest BCUT2D eigenvalue weighted by molar-refractivity contribution is 7.07. The fourth-order valence-corrected chi connectivity index (χ4v) is 2.24. The molecule has 0 unspecified atom stereocenters. The van der Waals surface area contributed by atoms with Crippen LogP contribution in [-0.2, 0) is 6.54 Å². The summed E-state index contributed by atoms with van der Waals surface area (Å²) in [6, 6.07) is 2.74. The molecule has 1 aromatic carbocycles. The van der Waals surface area contributed by atoms with Crippen LogP contribution in [0.25, 0.3) is 0 Å². The number of hydrogen-bond donors (Lipinski definition) is 3. The average molecular weight is 297 g/mol. The Kier molecular flexibility index (Phi) is 4.29. The Hall–Kier alpha value is -2.02. The van der Waals surface area contributed by atoms with E-state index in [2.05, 4.69) is 10.3 Å². The summed E-state index contributed by atoms with van der Waals surface area (Å²) in [6.07, 6.45) is -0.130. The number of thiazole rings is 1. The smallest absolute Gasteiger partial charge is 0.304 e. The summed E-state index contributed by atoms with van der Waals surface area (Å²) < 4.78 is 19.0. The largest absolute Gasteiger partial charge is 0.488 e. The highest BCUT2D eigenvalue weighted by Crippen LogP contribution is 2.29. The molecule has 108 valence electrons. The Morgan fingerprint density at radius 3 is 2.85 bits per heavy atom. The number of rotatable bonds is 5. The molecule has 1 aromatic heterocycles. The van der Waals surface area contributed by atoms with Gasteiger partial charge in [0, 0.05) is 23.2 Å². The number of hydrogen-bond acceptors (Lipinski definition) is 5. The lowest BCUT2D eigenvalue weighted by atomic mass is 10.2. The molecule has 0 bridgehead atoms. The third-order valence-corrected chi connectivity index (χ3v) is 3.23. The first-order valence-electron chi connectivity index (χ1n) is 6.12. The van der Waals surface area contributed by atoms with Gasteiger partial charge in [0.1, 0.15) is 0 Å². The number of aromatic nitrogens is 1. The fraction of sp³-hybridized carbons (Fsp3) is 0.308. The standard InChI is InChI=1S/C13H16FN3O2S/c1-7(2)19-12-4-11(10(15)3-9(12)14)16-5-8-6-20-13(18)17-8/h3-4,6-7,16H,5,15H2,1-2H3,(H,17,18). The second-order valence-corrected chi connectivity index (χ2v) is 5.41. The molecule has 0 atom stereocenters. The summed E-state index contributed by atoms with van der Waals surface area (Å²) in [5.74, 6) is -0.346. The number of nitrogens with one attached hydrogen (secondary N) is 2. The molecule has 5 nitrogen and oxygen atoms in total.